The lowest BCUT2D eigenvalue weighted by Crippen LogP contribution is -2.16. The van der Waals surface area contributed by atoms with Gasteiger partial charge in [-0.3, -0.25) is 0 Å². The molecule has 1 aromatic carbocycles. The summed E-state index contributed by atoms with van der Waals surface area (Å²) in [7, 11) is 0. The standard InChI is InChI=1S/C11H13ClFNO2/c12-9-4-6(13)3-8(10(14)5-15)11(9)16-7-1-2-7/h3-4,7,10,15H,1-2,5,14H2. The molecule has 0 aromatic heterocycles. The van der Waals surface area contributed by atoms with Crippen molar-refractivity contribution in [2.24, 2.45) is 5.73 Å². The van der Waals surface area contributed by atoms with Crippen molar-refractivity contribution in [3.05, 3.63) is 28.5 Å². The number of hydrogen-bond acceptors (Lipinski definition) is 3. The van der Waals surface area contributed by atoms with Crippen LogP contribution in [0, 0.1) is 5.82 Å². The molecule has 0 heterocycles. The minimum atomic E-state index is -0.679. The monoisotopic (exact) mass is 245 g/mol. The fourth-order valence-corrected chi connectivity index (χ4v) is 1.69. The van der Waals surface area contributed by atoms with Gasteiger partial charge in [-0.1, -0.05) is 11.6 Å². The molecule has 1 saturated carbocycles. The van der Waals surface area contributed by atoms with E-state index < -0.39 is 11.9 Å². The Kier molecular flexibility index (Phi) is 3.33. The SMILES string of the molecule is NC(CO)c1cc(F)cc(Cl)c1OC1CC1. The number of benzene rings is 1. The molecule has 0 amide bonds. The lowest BCUT2D eigenvalue weighted by molar-refractivity contribution is 0.256. The molecule has 1 unspecified atom stereocenters. The molecule has 0 aliphatic heterocycles. The van der Waals surface area contributed by atoms with Gasteiger partial charge in [0.05, 0.1) is 23.8 Å². The molecule has 1 aliphatic carbocycles. The van der Waals surface area contributed by atoms with E-state index in [4.69, 9.17) is 27.2 Å². The van der Waals surface area contributed by atoms with Crippen LogP contribution in [0.25, 0.3) is 0 Å². The third-order valence-electron chi connectivity index (χ3n) is 2.44. The van der Waals surface area contributed by atoms with Crippen molar-refractivity contribution in [3.8, 4) is 5.75 Å². The van der Waals surface area contributed by atoms with E-state index in [9.17, 15) is 4.39 Å². The molecule has 2 rings (SSSR count). The van der Waals surface area contributed by atoms with Crippen LogP contribution in [0.5, 0.6) is 5.75 Å². The molecule has 1 atom stereocenters. The van der Waals surface area contributed by atoms with Crippen molar-refractivity contribution >= 4 is 11.6 Å². The van der Waals surface area contributed by atoms with Crippen LogP contribution >= 0.6 is 11.6 Å². The molecule has 0 spiro atoms. The Morgan fingerprint density at radius 3 is 2.81 bits per heavy atom. The van der Waals surface area contributed by atoms with Gasteiger partial charge in [0.2, 0.25) is 0 Å². The van der Waals surface area contributed by atoms with Gasteiger partial charge in [0, 0.05) is 5.56 Å². The van der Waals surface area contributed by atoms with Crippen molar-refractivity contribution < 1.29 is 14.2 Å². The smallest absolute Gasteiger partial charge is 0.143 e. The highest BCUT2D eigenvalue weighted by Crippen LogP contribution is 2.37. The average molecular weight is 246 g/mol. The first kappa shape index (κ1) is 11.6. The van der Waals surface area contributed by atoms with Gasteiger partial charge in [-0.2, -0.15) is 0 Å². The normalized spacial score (nSPS) is 17.2. The predicted molar refractivity (Wildman–Crippen MR) is 59.1 cm³/mol. The summed E-state index contributed by atoms with van der Waals surface area (Å²) in [6.07, 6.45) is 2.09. The van der Waals surface area contributed by atoms with Gasteiger partial charge in [-0.05, 0) is 25.0 Å². The van der Waals surface area contributed by atoms with E-state index in [-0.39, 0.29) is 17.7 Å². The second kappa shape index (κ2) is 4.57. The van der Waals surface area contributed by atoms with Gasteiger partial charge in [0.25, 0.3) is 0 Å². The van der Waals surface area contributed by atoms with E-state index in [1.165, 1.54) is 12.1 Å². The zero-order chi connectivity index (χ0) is 11.7. The van der Waals surface area contributed by atoms with E-state index in [1.807, 2.05) is 0 Å². The number of ether oxygens (including phenoxy) is 1. The fraction of sp³-hybridized carbons (Fsp3) is 0.455. The predicted octanol–water partition coefficient (Wildman–Crippen LogP) is 2.01. The van der Waals surface area contributed by atoms with Crippen LogP contribution in [0.2, 0.25) is 5.02 Å². The third kappa shape index (κ3) is 2.45. The van der Waals surface area contributed by atoms with Gasteiger partial charge in [-0.25, -0.2) is 4.39 Å². The first-order chi connectivity index (χ1) is 7.61. The maximum Gasteiger partial charge on any atom is 0.143 e. The molecule has 3 N–H and O–H groups in total. The minimum absolute atomic E-state index is 0.146. The molecular weight excluding hydrogens is 233 g/mol. The number of rotatable bonds is 4. The Bertz CT molecular complexity index is 396. The zero-order valence-electron chi connectivity index (χ0n) is 8.62. The van der Waals surface area contributed by atoms with E-state index in [2.05, 4.69) is 0 Å². The van der Waals surface area contributed by atoms with Crippen LogP contribution in [0.4, 0.5) is 4.39 Å². The number of nitrogens with two attached hydrogens (primary N) is 1. The second-order valence-corrected chi connectivity index (χ2v) is 4.32. The maximum absolute atomic E-state index is 13.2. The van der Waals surface area contributed by atoms with Crippen molar-refractivity contribution in [1.82, 2.24) is 0 Å². The molecule has 0 saturated heterocycles. The highest BCUT2D eigenvalue weighted by molar-refractivity contribution is 6.32. The lowest BCUT2D eigenvalue weighted by atomic mass is 10.1. The fourth-order valence-electron chi connectivity index (χ4n) is 1.43. The summed E-state index contributed by atoms with van der Waals surface area (Å²) in [5.74, 6) is -0.0841. The molecule has 3 nitrogen and oxygen atoms in total. The van der Waals surface area contributed by atoms with E-state index in [0.29, 0.717) is 11.3 Å². The molecular formula is C11H13ClFNO2. The molecule has 0 bridgehead atoms. The van der Waals surface area contributed by atoms with Crippen molar-refractivity contribution in [1.29, 1.82) is 0 Å². The summed E-state index contributed by atoms with van der Waals surface area (Å²) in [6, 6.07) is 1.76. The first-order valence-electron chi connectivity index (χ1n) is 5.14. The number of hydrogen-bond donors (Lipinski definition) is 2. The average Bonchev–Trinajstić information content (AvgIpc) is 3.04. The highest BCUT2D eigenvalue weighted by Gasteiger charge is 2.27. The summed E-state index contributed by atoms with van der Waals surface area (Å²) < 4.78 is 18.8. The molecule has 88 valence electrons. The van der Waals surface area contributed by atoms with E-state index in [1.54, 1.807) is 0 Å². The molecule has 16 heavy (non-hydrogen) atoms. The summed E-state index contributed by atoms with van der Waals surface area (Å²) >= 11 is 5.91. The first-order valence-corrected chi connectivity index (χ1v) is 5.51. The number of halogens is 2. The van der Waals surface area contributed by atoms with Crippen LogP contribution in [0.15, 0.2) is 12.1 Å². The Hall–Kier alpha value is -0.840. The van der Waals surface area contributed by atoms with Crippen LogP contribution < -0.4 is 10.5 Å². The van der Waals surface area contributed by atoms with Crippen LogP contribution in [0.3, 0.4) is 0 Å². The van der Waals surface area contributed by atoms with Crippen molar-refractivity contribution in [2.45, 2.75) is 25.0 Å². The van der Waals surface area contributed by atoms with Crippen molar-refractivity contribution in [2.75, 3.05) is 6.61 Å². The summed E-state index contributed by atoms with van der Waals surface area (Å²) in [5.41, 5.74) is 6.09. The van der Waals surface area contributed by atoms with Gasteiger partial charge in [0.15, 0.2) is 0 Å². The van der Waals surface area contributed by atoms with Gasteiger partial charge < -0.3 is 15.6 Å². The molecule has 1 aromatic rings. The lowest BCUT2D eigenvalue weighted by Gasteiger charge is -2.16. The quantitative estimate of drug-likeness (QED) is 0.853. The Morgan fingerprint density at radius 2 is 2.25 bits per heavy atom. The van der Waals surface area contributed by atoms with Gasteiger partial charge >= 0.3 is 0 Å². The molecule has 0 radical (unpaired) electrons. The largest absolute Gasteiger partial charge is 0.489 e. The summed E-state index contributed by atoms with van der Waals surface area (Å²) in [6.45, 7) is -0.277. The van der Waals surface area contributed by atoms with Crippen LogP contribution in [0.1, 0.15) is 24.4 Å². The number of aliphatic hydroxyl groups excluding tert-OH is 1. The minimum Gasteiger partial charge on any atom is -0.489 e. The maximum atomic E-state index is 13.2. The Balaban J connectivity index is 2.36. The summed E-state index contributed by atoms with van der Waals surface area (Å²) in [5, 5.41) is 9.20. The third-order valence-corrected chi connectivity index (χ3v) is 2.72. The second-order valence-electron chi connectivity index (χ2n) is 3.91. The molecule has 1 fully saturated rings. The van der Waals surface area contributed by atoms with Crippen molar-refractivity contribution in [3.63, 3.8) is 0 Å². The van der Waals surface area contributed by atoms with E-state index in [0.717, 1.165) is 12.8 Å². The topological polar surface area (TPSA) is 55.5 Å². The van der Waals surface area contributed by atoms with Gasteiger partial charge in [0.1, 0.15) is 11.6 Å². The van der Waals surface area contributed by atoms with Crippen LogP contribution in [-0.2, 0) is 0 Å². The number of aliphatic hydroxyl groups is 1. The summed E-state index contributed by atoms with van der Waals surface area (Å²) in [4.78, 5) is 0. The van der Waals surface area contributed by atoms with Crippen LogP contribution in [-0.4, -0.2) is 17.8 Å². The molecule has 1 aliphatic rings. The highest BCUT2D eigenvalue weighted by atomic mass is 35.5. The Labute approximate surface area is 98.0 Å². The van der Waals surface area contributed by atoms with Gasteiger partial charge in [-0.15, -0.1) is 0 Å². The van der Waals surface area contributed by atoms with E-state index >= 15 is 0 Å². The zero-order valence-corrected chi connectivity index (χ0v) is 9.38. The Morgan fingerprint density at radius 1 is 1.56 bits per heavy atom. The molecule has 5 heteroatoms.